The highest BCUT2D eigenvalue weighted by molar-refractivity contribution is 5.94. The van der Waals surface area contributed by atoms with Crippen LogP contribution in [0, 0.1) is 0 Å². The van der Waals surface area contributed by atoms with Gasteiger partial charge in [-0.1, -0.05) is 12.1 Å². The first kappa shape index (κ1) is 13.9. The molecule has 0 saturated carbocycles. The van der Waals surface area contributed by atoms with E-state index in [-0.39, 0.29) is 11.7 Å². The molecule has 1 amide bonds. The molecule has 0 unspecified atom stereocenters. The number of anilines is 1. The molecular formula is C16H18N2O2. The maximum atomic E-state index is 12.0. The molecule has 104 valence electrons. The molecular weight excluding hydrogens is 252 g/mol. The molecule has 0 saturated heterocycles. The number of amides is 1. The summed E-state index contributed by atoms with van der Waals surface area (Å²) in [5.74, 6) is 0.114. The van der Waals surface area contributed by atoms with Gasteiger partial charge in [-0.25, -0.2) is 0 Å². The van der Waals surface area contributed by atoms with Crippen molar-refractivity contribution in [2.45, 2.75) is 6.54 Å². The molecule has 2 N–H and O–H groups in total. The summed E-state index contributed by atoms with van der Waals surface area (Å²) in [7, 11) is 3.92. The third kappa shape index (κ3) is 3.51. The number of benzene rings is 2. The van der Waals surface area contributed by atoms with E-state index in [9.17, 15) is 9.90 Å². The first-order valence-electron chi connectivity index (χ1n) is 6.40. The van der Waals surface area contributed by atoms with Gasteiger partial charge in [0.2, 0.25) is 0 Å². The number of hydrogen-bond acceptors (Lipinski definition) is 3. The number of phenolic OH excluding ortho intramolecular Hbond substituents is 1. The van der Waals surface area contributed by atoms with Crippen LogP contribution in [-0.2, 0) is 6.54 Å². The fourth-order valence-electron chi connectivity index (χ4n) is 1.81. The lowest BCUT2D eigenvalue weighted by molar-refractivity contribution is 0.0951. The van der Waals surface area contributed by atoms with Crippen molar-refractivity contribution in [1.29, 1.82) is 0 Å². The van der Waals surface area contributed by atoms with Crippen LogP contribution < -0.4 is 10.2 Å². The summed E-state index contributed by atoms with van der Waals surface area (Å²) in [6, 6.07) is 14.2. The Hall–Kier alpha value is -2.49. The Labute approximate surface area is 118 Å². The highest BCUT2D eigenvalue weighted by Crippen LogP contribution is 2.13. The molecule has 2 aromatic rings. The maximum absolute atomic E-state index is 12.0. The van der Waals surface area contributed by atoms with Gasteiger partial charge in [0.25, 0.3) is 5.91 Å². The number of aromatic hydroxyl groups is 1. The third-order valence-corrected chi connectivity index (χ3v) is 3.04. The van der Waals surface area contributed by atoms with Gasteiger partial charge in [0.15, 0.2) is 0 Å². The molecule has 0 aliphatic carbocycles. The van der Waals surface area contributed by atoms with Crippen LogP contribution in [-0.4, -0.2) is 25.1 Å². The van der Waals surface area contributed by atoms with E-state index >= 15 is 0 Å². The van der Waals surface area contributed by atoms with Crippen LogP contribution in [0.25, 0.3) is 0 Å². The Bertz CT molecular complexity index is 574. The monoisotopic (exact) mass is 270 g/mol. The van der Waals surface area contributed by atoms with E-state index in [1.165, 1.54) is 0 Å². The van der Waals surface area contributed by atoms with Gasteiger partial charge in [0, 0.05) is 31.9 Å². The SMILES string of the molecule is CN(C)c1ccc(C(=O)NCc2ccc(O)cc2)cc1. The Kier molecular flexibility index (Phi) is 4.25. The number of hydrogen-bond donors (Lipinski definition) is 2. The smallest absolute Gasteiger partial charge is 0.251 e. The predicted molar refractivity (Wildman–Crippen MR) is 80.0 cm³/mol. The first-order chi connectivity index (χ1) is 9.56. The Morgan fingerprint density at radius 3 is 2.20 bits per heavy atom. The van der Waals surface area contributed by atoms with Crippen molar-refractivity contribution < 1.29 is 9.90 Å². The van der Waals surface area contributed by atoms with Gasteiger partial charge in [0.1, 0.15) is 5.75 Å². The van der Waals surface area contributed by atoms with Crippen molar-refractivity contribution >= 4 is 11.6 Å². The number of carbonyl (C=O) groups excluding carboxylic acids is 1. The zero-order chi connectivity index (χ0) is 14.5. The zero-order valence-corrected chi connectivity index (χ0v) is 11.6. The molecule has 20 heavy (non-hydrogen) atoms. The van der Waals surface area contributed by atoms with Crippen LogP contribution in [0.3, 0.4) is 0 Å². The molecule has 0 heterocycles. The highest BCUT2D eigenvalue weighted by atomic mass is 16.3. The molecule has 2 aromatic carbocycles. The molecule has 0 radical (unpaired) electrons. The summed E-state index contributed by atoms with van der Waals surface area (Å²) in [5.41, 5.74) is 2.63. The highest BCUT2D eigenvalue weighted by Gasteiger charge is 2.05. The summed E-state index contributed by atoms with van der Waals surface area (Å²) >= 11 is 0. The fraction of sp³-hybridized carbons (Fsp3) is 0.188. The van der Waals surface area contributed by atoms with Gasteiger partial charge >= 0.3 is 0 Å². The molecule has 4 heteroatoms. The maximum Gasteiger partial charge on any atom is 0.251 e. The van der Waals surface area contributed by atoms with Crippen LogP contribution in [0.2, 0.25) is 0 Å². The largest absolute Gasteiger partial charge is 0.508 e. The van der Waals surface area contributed by atoms with Crippen LogP contribution in [0.1, 0.15) is 15.9 Å². The third-order valence-electron chi connectivity index (χ3n) is 3.04. The lowest BCUT2D eigenvalue weighted by Crippen LogP contribution is -2.22. The number of carbonyl (C=O) groups is 1. The summed E-state index contributed by atoms with van der Waals surface area (Å²) in [6.07, 6.45) is 0. The van der Waals surface area contributed by atoms with Crippen molar-refractivity contribution in [2.75, 3.05) is 19.0 Å². The number of nitrogens with zero attached hydrogens (tertiary/aromatic N) is 1. The standard InChI is InChI=1S/C16H18N2O2/c1-18(2)14-7-5-13(6-8-14)16(20)17-11-12-3-9-15(19)10-4-12/h3-10,19H,11H2,1-2H3,(H,17,20). The molecule has 0 fully saturated rings. The minimum absolute atomic E-state index is 0.108. The van der Waals surface area contributed by atoms with Gasteiger partial charge < -0.3 is 15.3 Å². The van der Waals surface area contributed by atoms with Gasteiger partial charge in [-0.05, 0) is 42.0 Å². The zero-order valence-electron chi connectivity index (χ0n) is 11.6. The minimum Gasteiger partial charge on any atom is -0.508 e. The number of phenols is 1. The van der Waals surface area contributed by atoms with E-state index in [0.29, 0.717) is 12.1 Å². The second-order valence-electron chi connectivity index (χ2n) is 4.79. The van der Waals surface area contributed by atoms with Gasteiger partial charge in [0.05, 0.1) is 0 Å². The van der Waals surface area contributed by atoms with Crippen LogP contribution >= 0.6 is 0 Å². The van der Waals surface area contributed by atoms with Crippen molar-refractivity contribution in [3.05, 3.63) is 59.7 Å². The van der Waals surface area contributed by atoms with Gasteiger partial charge in [-0.2, -0.15) is 0 Å². The summed E-state index contributed by atoms with van der Waals surface area (Å²) < 4.78 is 0. The van der Waals surface area contributed by atoms with E-state index in [1.54, 1.807) is 24.3 Å². The van der Waals surface area contributed by atoms with E-state index in [0.717, 1.165) is 11.3 Å². The molecule has 0 aromatic heterocycles. The minimum atomic E-state index is -0.108. The van der Waals surface area contributed by atoms with Crippen LogP contribution in [0.15, 0.2) is 48.5 Å². The Balaban J connectivity index is 1.96. The lowest BCUT2D eigenvalue weighted by Gasteiger charge is -2.12. The lowest BCUT2D eigenvalue weighted by atomic mass is 10.1. The average Bonchev–Trinajstić information content (AvgIpc) is 2.46. The molecule has 0 bridgehead atoms. The van der Waals surface area contributed by atoms with E-state index in [1.807, 2.05) is 43.3 Å². The predicted octanol–water partition coefficient (Wildman–Crippen LogP) is 2.39. The van der Waals surface area contributed by atoms with Crippen molar-refractivity contribution in [3.63, 3.8) is 0 Å². The van der Waals surface area contributed by atoms with Gasteiger partial charge in [-0.3, -0.25) is 4.79 Å². The van der Waals surface area contributed by atoms with Crippen molar-refractivity contribution in [1.82, 2.24) is 5.32 Å². The van der Waals surface area contributed by atoms with Crippen molar-refractivity contribution in [2.24, 2.45) is 0 Å². The normalized spacial score (nSPS) is 10.1. The van der Waals surface area contributed by atoms with Crippen LogP contribution in [0.5, 0.6) is 5.75 Å². The quantitative estimate of drug-likeness (QED) is 0.897. The molecule has 4 nitrogen and oxygen atoms in total. The second-order valence-corrected chi connectivity index (χ2v) is 4.79. The second kappa shape index (κ2) is 6.10. The molecule has 0 atom stereocenters. The average molecular weight is 270 g/mol. The Morgan fingerprint density at radius 1 is 1.05 bits per heavy atom. The van der Waals surface area contributed by atoms with E-state index in [4.69, 9.17) is 0 Å². The van der Waals surface area contributed by atoms with Crippen molar-refractivity contribution in [3.8, 4) is 5.75 Å². The first-order valence-corrected chi connectivity index (χ1v) is 6.40. The van der Waals surface area contributed by atoms with E-state index < -0.39 is 0 Å². The van der Waals surface area contributed by atoms with E-state index in [2.05, 4.69) is 5.32 Å². The molecule has 0 aliphatic heterocycles. The summed E-state index contributed by atoms with van der Waals surface area (Å²) in [4.78, 5) is 14.0. The number of nitrogens with one attached hydrogen (secondary N) is 1. The summed E-state index contributed by atoms with van der Waals surface area (Å²) in [5, 5.41) is 12.0. The van der Waals surface area contributed by atoms with Crippen LogP contribution in [0.4, 0.5) is 5.69 Å². The van der Waals surface area contributed by atoms with Gasteiger partial charge in [-0.15, -0.1) is 0 Å². The topological polar surface area (TPSA) is 52.6 Å². The molecule has 0 aliphatic rings. The summed E-state index contributed by atoms with van der Waals surface area (Å²) in [6.45, 7) is 0.439. The Morgan fingerprint density at radius 2 is 1.65 bits per heavy atom. The number of rotatable bonds is 4. The molecule has 0 spiro atoms. The fourth-order valence-corrected chi connectivity index (χ4v) is 1.81. The molecule has 2 rings (SSSR count).